The van der Waals surface area contributed by atoms with E-state index in [0.717, 1.165) is 5.69 Å². The lowest BCUT2D eigenvalue weighted by atomic mass is 9.86. The molecule has 0 fully saturated rings. The molecule has 0 unspecified atom stereocenters. The Morgan fingerprint density at radius 2 is 1.50 bits per heavy atom. The molecule has 2 rings (SSSR count). The van der Waals surface area contributed by atoms with Gasteiger partial charge < -0.3 is 10.6 Å². The predicted octanol–water partition coefficient (Wildman–Crippen LogP) is 6.10. The topological polar surface area (TPSA) is 24.1 Å². The van der Waals surface area contributed by atoms with Gasteiger partial charge >= 0.3 is 0 Å². The summed E-state index contributed by atoms with van der Waals surface area (Å²) in [6, 6.07) is 13.5. The predicted molar refractivity (Wildman–Crippen MR) is 101 cm³/mol. The highest BCUT2D eigenvalue weighted by Gasteiger charge is 2.18. The lowest BCUT2D eigenvalue weighted by Crippen LogP contribution is -2.22. The number of rotatable bonds is 2. The van der Waals surface area contributed by atoms with Crippen molar-refractivity contribution in [2.75, 3.05) is 10.6 Å². The van der Waals surface area contributed by atoms with E-state index in [2.05, 4.69) is 37.5 Å². The molecule has 0 aliphatic heterocycles. The van der Waals surface area contributed by atoms with Crippen LogP contribution in [0.3, 0.4) is 0 Å². The van der Waals surface area contributed by atoms with Gasteiger partial charge in [-0.15, -0.1) is 0 Å². The SMILES string of the molecule is CC(C)(C)c1ccccc1NC(=S)Nc1cccc(Cl)c1Cl. The Bertz CT molecular complexity index is 693. The van der Waals surface area contributed by atoms with Crippen LogP contribution in [0.2, 0.25) is 10.0 Å². The fourth-order valence-electron chi connectivity index (χ4n) is 2.12. The Kier molecular flexibility index (Phi) is 5.32. The van der Waals surface area contributed by atoms with E-state index in [0.29, 0.717) is 20.8 Å². The summed E-state index contributed by atoms with van der Waals surface area (Å²) in [4.78, 5) is 0. The highest BCUT2D eigenvalue weighted by Crippen LogP contribution is 2.31. The summed E-state index contributed by atoms with van der Waals surface area (Å²) in [6.07, 6.45) is 0. The molecule has 0 spiro atoms. The molecule has 0 saturated carbocycles. The molecule has 0 bridgehead atoms. The van der Waals surface area contributed by atoms with Crippen LogP contribution in [0.1, 0.15) is 26.3 Å². The normalized spacial score (nSPS) is 11.1. The van der Waals surface area contributed by atoms with Crippen LogP contribution in [0.5, 0.6) is 0 Å². The van der Waals surface area contributed by atoms with Gasteiger partial charge in [0.1, 0.15) is 0 Å². The van der Waals surface area contributed by atoms with Crippen LogP contribution >= 0.6 is 35.4 Å². The van der Waals surface area contributed by atoms with Crippen molar-refractivity contribution in [2.24, 2.45) is 0 Å². The third-order valence-electron chi connectivity index (χ3n) is 3.18. The molecular formula is C17H18Cl2N2S. The van der Waals surface area contributed by atoms with Gasteiger partial charge in [0, 0.05) is 5.69 Å². The molecule has 0 aliphatic carbocycles. The minimum atomic E-state index is 0.0207. The summed E-state index contributed by atoms with van der Waals surface area (Å²) >= 11 is 17.5. The fourth-order valence-corrected chi connectivity index (χ4v) is 2.69. The Labute approximate surface area is 146 Å². The number of benzene rings is 2. The van der Waals surface area contributed by atoms with E-state index in [1.807, 2.05) is 30.3 Å². The van der Waals surface area contributed by atoms with Gasteiger partial charge in [-0.25, -0.2) is 0 Å². The van der Waals surface area contributed by atoms with Gasteiger partial charge in [0.2, 0.25) is 0 Å². The van der Waals surface area contributed by atoms with Crippen molar-refractivity contribution in [1.82, 2.24) is 0 Å². The van der Waals surface area contributed by atoms with Crippen molar-refractivity contribution in [3.05, 3.63) is 58.1 Å². The first kappa shape index (κ1) is 17.1. The molecule has 0 radical (unpaired) electrons. The Hall–Kier alpha value is -1.29. The van der Waals surface area contributed by atoms with Crippen LogP contribution in [-0.4, -0.2) is 5.11 Å². The monoisotopic (exact) mass is 352 g/mol. The number of thiocarbonyl (C=S) groups is 1. The van der Waals surface area contributed by atoms with Gasteiger partial charge in [-0.3, -0.25) is 0 Å². The Morgan fingerprint density at radius 1 is 0.909 bits per heavy atom. The number of anilines is 2. The van der Waals surface area contributed by atoms with Crippen molar-refractivity contribution in [1.29, 1.82) is 0 Å². The second-order valence-electron chi connectivity index (χ2n) is 5.98. The van der Waals surface area contributed by atoms with Crippen molar-refractivity contribution < 1.29 is 0 Å². The maximum Gasteiger partial charge on any atom is 0.175 e. The fraction of sp³-hybridized carbons (Fsp3) is 0.235. The molecule has 5 heteroatoms. The minimum Gasteiger partial charge on any atom is -0.332 e. The first-order valence-electron chi connectivity index (χ1n) is 6.90. The number of hydrogen-bond donors (Lipinski definition) is 2. The molecule has 2 N–H and O–H groups in total. The third kappa shape index (κ3) is 4.13. The van der Waals surface area contributed by atoms with Gasteiger partial charge in [-0.05, 0) is 41.4 Å². The first-order valence-corrected chi connectivity index (χ1v) is 8.07. The molecule has 0 aromatic heterocycles. The molecule has 0 atom stereocenters. The molecule has 2 aromatic carbocycles. The van der Waals surface area contributed by atoms with E-state index >= 15 is 0 Å². The second-order valence-corrected chi connectivity index (χ2v) is 7.17. The Balaban J connectivity index is 2.18. The summed E-state index contributed by atoms with van der Waals surface area (Å²) in [5.74, 6) is 0. The van der Waals surface area contributed by atoms with Crippen molar-refractivity contribution >= 4 is 51.9 Å². The van der Waals surface area contributed by atoms with Gasteiger partial charge in [0.25, 0.3) is 0 Å². The number of para-hydroxylation sites is 1. The standard InChI is InChI=1S/C17H18Cl2N2S/c1-17(2,3)11-7-4-5-9-13(11)20-16(22)21-14-10-6-8-12(18)15(14)19/h4-10H,1-3H3,(H2,20,21,22). The third-order valence-corrected chi connectivity index (χ3v) is 4.21. The Morgan fingerprint density at radius 3 is 2.18 bits per heavy atom. The molecule has 116 valence electrons. The van der Waals surface area contributed by atoms with Gasteiger partial charge in [-0.2, -0.15) is 0 Å². The lowest BCUT2D eigenvalue weighted by molar-refractivity contribution is 0.592. The smallest absolute Gasteiger partial charge is 0.175 e. The summed E-state index contributed by atoms with van der Waals surface area (Å²) in [7, 11) is 0. The quantitative estimate of drug-likeness (QED) is 0.638. The van der Waals surface area contributed by atoms with Crippen LogP contribution in [0.25, 0.3) is 0 Å². The summed E-state index contributed by atoms with van der Waals surface area (Å²) in [6.45, 7) is 6.49. The van der Waals surface area contributed by atoms with E-state index in [1.54, 1.807) is 6.07 Å². The lowest BCUT2D eigenvalue weighted by Gasteiger charge is -2.23. The van der Waals surface area contributed by atoms with Crippen LogP contribution in [-0.2, 0) is 5.41 Å². The zero-order chi connectivity index (χ0) is 16.3. The molecular weight excluding hydrogens is 335 g/mol. The average molecular weight is 353 g/mol. The molecule has 0 aliphatic rings. The molecule has 0 saturated heterocycles. The maximum absolute atomic E-state index is 6.16. The van der Waals surface area contributed by atoms with Crippen molar-refractivity contribution in [3.8, 4) is 0 Å². The molecule has 2 nitrogen and oxygen atoms in total. The summed E-state index contributed by atoms with van der Waals surface area (Å²) < 4.78 is 0. The van der Waals surface area contributed by atoms with Crippen molar-refractivity contribution in [2.45, 2.75) is 26.2 Å². The number of nitrogens with one attached hydrogen (secondary N) is 2. The maximum atomic E-state index is 6.16. The van der Waals surface area contributed by atoms with Gasteiger partial charge in [0.05, 0.1) is 15.7 Å². The van der Waals surface area contributed by atoms with E-state index in [4.69, 9.17) is 35.4 Å². The van der Waals surface area contributed by atoms with Crippen LogP contribution in [0.4, 0.5) is 11.4 Å². The summed E-state index contributed by atoms with van der Waals surface area (Å²) in [5, 5.41) is 7.73. The minimum absolute atomic E-state index is 0.0207. The average Bonchev–Trinajstić information content (AvgIpc) is 2.43. The number of hydrogen-bond acceptors (Lipinski definition) is 1. The van der Waals surface area contributed by atoms with Crippen molar-refractivity contribution in [3.63, 3.8) is 0 Å². The number of halogens is 2. The molecule has 0 amide bonds. The zero-order valence-corrected chi connectivity index (χ0v) is 15.0. The second kappa shape index (κ2) is 6.86. The van der Waals surface area contributed by atoms with Gasteiger partial charge in [0.15, 0.2) is 5.11 Å². The highest BCUT2D eigenvalue weighted by atomic mass is 35.5. The van der Waals surface area contributed by atoms with E-state index < -0.39 is 0 Å². The largest absolute Gasteiger partial charge is 0.332 e. The summed E-state index contributed by atoms with van der Waals surface area (Å²) in [5.41, 5.74) is 2.87. The van der Waals surface area contributed by atoms with E-state index in [9.17, 15) is 0 Å². The molecule has 2 aromatic rings. The van der Waals surface area contributed by atoms with E-state index in [1.165, 1.54) is 5.56 Å². The molecule has 22 heavy (non-hydrogen) atoms. The highest BCUT2D eigenvalue weighted by molar-refractivity contribution is 7.80. The van der Waals surface area contributed by atoms with Crippen LogP contribution in [0, 0.1) is 0 Å². The molecule has 0 heterocycles. The van der Waals surface area contributed by atoms with Gasteiger partial charge in [-0.1, -0.05) is 68.2 Å². The van der Waals surface area contributed by atoms with Crippen LogP contribution < -0.4 is 10.6 Å². The van der Waals surface area contributed by atoms with Crippen LogP contribution in [0.15, 0.2) is 42.5 Å². The zero-order valence-electron chi connectivity index (χ0n) is 12.7. The van der Waals surface area contributed by atoms with E-state index in [-0.39, 0.29) is 5.41 Å². The first-order chi connectivity index (χ1) is 10.3.